The van der Waals surface area contributed by atoms with Crippen molar-refractivity contribution in [2.24, 2.45) is 0 Å². The van der Waals surface area contributed by atoms with Gasteiger partial charge in [0.05, 0.1) is 5.56 Å². The molecule has 3 nitrogen and oxygen atoms in total. The SMILES string of the molecule is CNCCC=Cc1ccc(C(=O)O)cc1F. The van der Waals surface area contributed by atoms with E-state index >= 15 is 0 Å². The molecule has 0 saturated heterocycles. The molecule has 2 N–H and O–H groups in total. The normalized spacial score (nSPS) is 10.9. The molecule has 0 saturated carbocycles. The molecule has 0 fully saturated rings. The maximum atomic E-state index is 13.4. The second kappa shape index (κ2) is 6.02. The van der Waals surface area contributed by atoms with Crippen LogP contribution in [0.15, 0.2) is 24.3 Å². The summed E-state index contributed by atoms with van der Waals surface area (Å²) in [5, 5.41) is 11.6. The van der Waals surface area contributed by atoms with E-state index in [-0.39, 0.29) is 5.56 Å². The van der Waals surface area contributed by atoms with Gasteiger partial charge >= 0.3 is 5.97 Å². The topological polar surface area (TPSA) is 49.3 Å². The fourth-order valence-electron chi connectivity index (χ4n) is 1.23. The Bertz CT molecular complexity index is 402. The number of carboxylic acids is 1. The quantitative estimate of drug-likeness (QED) is 0.752. The van der Waals surface area contributed by atoms with Crippen LogP contribution in [0, 0.1) is 5.82 Å². The summed E-state index contributed by atoms with van der Waals surface area (Å²) in [5.74, 6) is -1.63. The molecule has 1 rings (SSSR count). The van der Waals surface area contributed by atoms with Crippen molar-refractivity contribution >= 4 is 12.0 Å². The summed E-state index contributed by atoms with van der Waals surface area (Å²) in [6.07, 6.45) is 4.30. The molecule has 0 aliphatic rings. The first-order valence-electron chi connectivity index (χ1n) is 4.99. The zero-order valence-corrected chi connectivity index (χ0v) is 9.03. The average molecular weight is 223 g/mol. The van der Waals surface area contributed by atoms with Crippen molar-refractivity contribution in [2.45, 2.75) is 6.42 Å². The van der Waals surface area contributed by atoms with E-state index in [9.17, 15) is 9.18 Å². The van der Waals surface area contributed by atoms with Crippen LogP contribution in [0.1, 0.15) is 22.3 Å². The molecule has 0 unspecified atom stereocenters. The minimum atomic E-state index is -1.12. The smallest absolute Gasteiger partial charge is 0.335 e. The van der Waals surface area contributed by atoms with Gasteiger partial charge < -0.3 is 10.4 Å². The number of rotatable bonds is 5. The van der Waals surface area contributed by atoms with Crippen LogP contribution < -0.4 is 5.32 Å². The number of nitrogens with one attached hydrogen (secondary N) is 1. The monoisotopic (exact) mass is 223 g/mol. The Morgan fingerprint density at radius 2 is 2.31 bits per heavy atom. The first kappa shape index (κ1) is 12.4. The minimum absolute atomic E-state index is 0.0372. The Labute approximate surface area is 93.6 Å². The lowest BCUT2D eigenvalue weighted by atomic mass is 10.1. The molecule has 0 spiro atoms. The van der Waals surface area contributed by atoms with Crippen LogP contribution >= 0.6 is 0 Å². The van der Waals surface area contributed by atoms with E-state index in [4.69, 9.17) is 5.11 Å². The van der Waals surface area contributed by atoms with E-state index < -0.39 is 11.8 Å². The summed E-state index contributed by atoms with van der Waals surface area (Å²) in [6.45, 7) is 0.825. The molecule has 0 atom stereocenters. The fraction of sp³-hybridized carbons (Fsp3) is 0.250. The third kappa shape index (κ3) is 3.47. The Kier molecular flexibility index (Phi) is 4.66. The second-order valence-electron chi connectivity index (χ2n) is 3.34. The summed E-state index contributed by atoms with van der Waals surface area (Å²) < 4.78 is 13.4. The number of benzene rings is 1. The molecule has 0 aliphatic heterocycles. The van der Waals surface area contributed by atoms with Gasteiger partial charge in [0.15, 0.2) is 0 Å². The molecule has 4 heteroatoms. The van der Waals surface area contributed by atoms with Crippen molar-refractivity contribution < 1.29 is 14.3 Å². The minimum Gasteiger partial charge on any atom is -0.478 e. The molecule has 0 heterocycles. The molecule has 1 aromatic rings. The lowest BCUT2D eigenvalue weighted by molar-refractivity contribution is 0.0696. The van der Waals surface area contributed by atoms with Crippen LogP contribution in [0.4, 0.5) is 4.39 Å². The highest BCUT2D eigenvalue weighted by Gasteiger charge is 2.05. The lowest BCUT2D eigenvalue weighted by Crippen LogP contribution is -2.05. The molecule has 0 radical (unpaired) electrons. The van der Waals surface area contributed by atoms with Gasteiger partial charge in [0, 0.05) is 5.56 Å². The van der Waals surface area contributed by atoms with Gasteiger partial charge in [-0.3, -0.25) is 0 Å². The Hall–Kier alpha value is -1.68. The number of carbonyl (C=O) groups is 1. The highest BCUT2D eigenvalue weighted by atomic mass is 19.1. The summed E-state index contributed by atoms with van der Waals surface area (Å²) in [6, 6.07) is 3.89. The van der Waals surface area contributed by atoms with E-state index in [1.165, 1.54) is 12.1 Å². The lowest BCUT2D eigenvalue weighted by Gasteiger charge is -1.99. The summed E-state index contributed by atoms with van der Waals surface area (Å²) in [4.78, 5) is 10.6. The van der Waals surface area contributed by atoms with E-state index in [2.05, 4.69) is 5.32 Å². The molecular weight excluding hydrogens is 209 g/mol. The summed E-state index contributed by atoms with van der Waals surface area (Å²) in [5.41, 5.74) is 0.367. The maximum Gasteiger partial charge on any atom is 0.335 e. The van der Waals surface area contributed by atoms with Crippen molar-refractivity contribution in [2.75, 3.05) is 13.6 Å². The molecule has 86 valence electrons. The first-order valence-corrected chi connectivity index (χ1v) is 4.99. The highest BCUT2D eigenvalue weighted by molar-refractivity contribution is 5.87. The van der Waals surface area contributed by atoms with Gasteiger partial charge in [-0.15, -0.1) is 0 Å². The Morgan fingerprint density at radius 1 is 1.56 bits per heavy atom. The number of aromatic carboxylic acids is 1. The maximum absolute atomic E-state index is 13.4. The second-order valence-corrected chi connectivity index (χ2v) is 3.34. The van der Waals surface area contributed by atoms with Crippen molar-refractivity contribution in [3.8, 4) is 0 Å². The zero-order chi connectivity index (χ0) is 12.0. The first-order chi connectivity index (χ1) is 7.65. The van der Waals surface area contributed by atoms with Gasteiger partial charge in [-0.25, -0.2) is 9.18 Å². The number of hydrogen-bond donors (Lipinski definition) is 2. The predicted octanol–water partition coefficient (Wildman–Crippen LogP) is 2.15. The molecule has 0 bridgehead atoms. The van der Waals surface area contributed by atoms with E-state index in [0.29, 0.717) is 5.56 Å². The van der Waals surface area contributed by atoms with Gasteiger partial charge in [0.1, 0.15) is 5.82 Å². The van der Waals surface area contributed by atoms with Crippen LogP contribution in [-0.4, -0.2) is 24.7 Å². The van der Waals surface area contributed by atoms with Gasteiger partial charge in [0.25, 0.3) is 0 Å². The Balaban J connectivity index is 2.75. The van der Waals surface area contributed by atoms with E-state index in [1.807, 2.05) is 13.1 Å². The largest absolute Gasteiger partial charge is 0.478 e. The number of halogens is 1. The van der Waals surface area contributed by atoms with Crippen molar-refractivity contribution in [3.63, 3.8) is 0 Å². The highest BCUT2D eigenvalue weighted by Crippen LogP contribution is 2.12. The van der Waals surface area contributed by atoms with Crippen LogP contribution in [0.25, 0.3) is 6.08 Å². The van der Waals surface area contributed by atoms with Gasteiger partial charge in [-0.2, -0.15) is 0 Å². The summed E-state index contributed by atoms with van der Waals surface area (Å²) in [7, 11) is 1.84. The molecular formula is C12H14FNO2. The average Bonchev–Trinajstić information content (AvgIpc) is 2.26. The van der Waals surface area contributed by atoms with E-state index in [0.717, 1.165) is 19.0 Å². The van der Waals surface area contributed by atoms with Crippen LogP contribution in [0.2, 0.25) is 0 Å². The van der Waals surface area contributed by atoms with Crippen molar-refractivity contribution in [1.29, 1.82) is 0 Å². The standard InChI is InChI=1S/C12H14FNO2/c1-14-7-3-2-4-9-5-6-10(12(15)16)8-11(9)13/h2,4-6,8,14H,3,7H2,1H3,(H,15,16). The van der Waals surface area contributed by atoms with Crippen LogP contribution in [-0.2, 0) is 0 Å². The number of hydrogen-bond acceptors (Lipinski definition) is 2. The third-order valence-corrected chi connectivity index (χ3v) is 2.11. The van der Waals surface area contributed by atoms with Crippen LogP contribution in [0.3, 0.4) is 0 Å². The fourth-order valence-corrected chi connectivity index (χ4v) is 1.23. The molecule has 0 amide bonds. The molecule has 1 aromatic carbocycles. The number of carboxylic acid groups (broad SMARTS) is 1. The molecule has 0 aliphatic carbocycles. The zero-order valence-electron chi connectivity index (χ0n) is 9.03. The van der Waals surface area contributed by atoms with E-state index in [1.54, 1.807) is 6.08 Å². The molecule has 16 heavy (non-hydrogen) atoms. The van der Waals surface area contributed by atoms with Gasteiger partial charge in [0.2, 0.25) is 0 Å². The summed E-state index contributed by atoms with van der Waals surface area (Å²) >= 11 is 0. The third-order valence-electron chi connectivity index (χ3n) is 2.11. The predicted molar refractivity (Wildman–Crippen MR) is 60.9 cm³/mol. The van der Waals surface area contributed by atoms with Gasteiger partial charge in [-0.1, -0.05) is 18.2 Å². The molecule has 0 aromatic heterocycles. The Morgan fingerprint density at radius 3 is 2.88 bits per heavy atom. The van der Waals surface area contributed by atoms with Crippen molar-refractivity contribution in [3.05, 3.63) is 41.2 Å². The van der Waals surface area contributed by atoms with Crippen molar-refractivity contribution in [1.82, 2.24) is 5.32 Å². The van der Waals surface area contributed by atoms with Gasteiger partial charge in [-0.05, 0) is 32.1 Å². The van der Waals surface area contributed by atoms with Crippen LogP contribution in [0.5, 0.6) is 0 Å².